The van der Waals surface area contributed by atoms with Gasteiger partial charge in [0, 0.05) is 39.8 Å². The van der Waals surface area contributed by atoms with Crippen LogP contribution in [0.2, 0.25) is 0 Å². The van der Waals surface area contributed by atoms with Crippen molar-refractivity contribution < 1.29 is 22.3 Å². The maximum atomic E-state index is 13.0. The maximum absolute atomic E-state index is 13.0. The summed E-state index contributed by atoms with van der Waals surface area (Å²) in [6.45, 7) is 2.72. The lowest BCUT2D eigenvalue weighted by Crippen LogP contribution is -2.41. The summed E-state index contributed by atoms with van der Waals surface area (Å²) in [4.78, 5) is 13.9. The van der Waals surface area contributed by atoms with Crippen LogP contribution in [0, 0.1) is 5.82 Å². The van der Waals surface area contributed by atoms with Gasteiger partial charge in [-0.05, 0) is 30.7 Å². The van der Waals surface area contributed by atoms with E-state index >= 15 is 0 Å². The number of benzene rings is 1. The van der Waals surface area contributed by atoms with Crippen molar-refractivity contribution in [3.8, 4) is 0 Å². The molecule has 0 radical (unpaired) electrons. The first-order valence-electron chi connectivity index (χ1n) is 8.18. The highest BCUT2D eigenvalue weighted by molar-refractivity contribution is 7.89. The van der Waals surface area contributed by atoms with Gasteiger partial charge in [0.05, 0.1) is 18.0 Å². The van der Waals surface area contributed by atoms with Crippen LogP contribution in [0.1, 0.15) is 6.42 Å². The second kappa shape index (κ2) is 10.8. The normalized spacial score (nSPS) is 16.0. The molecule has 1 aromatic carbocycles. The van der Waals surface area contributed by atoms with Crippen LogP contribution in [-0.2, 0) is 19.6 Å². The SMILES string of the molecule is COCCNCC(=O)N1CCCN(S(=O)(=O)c2ccc(F)cc2)CC1.Cl. The van der Waals surface area contributed by atoms with E-state index in [9.17, 15) is 17.6 Å². The number of hydrogen-bond acceptors (Lipinski definition) is 5. The zero-order valence-corrected chi connectivity index (χ0v) is 16.3. The molecule has 1 fully saturated rings. The molecule has 0 saturated carbocycles. The monoisotopic (exact) mass is 409 g/mol. The van der Waals surface area contributed by atoms with Crippen molar-refractivity contribution in [2.45, 2.75) is 11.3 Å². The number of halogens is 2. The third kappa shape index (κ3) is 6.17. The summed E-state index contributed by atoms with van der Waals surface area (Å²) in [7, 11) is -2.09. The number of carbonyl (C=O) groups is 1. The number of nitrogens with one attached hydrogen (secondary N) is 1. The minimum absolute atomic E-state index is 0. The highest BCUT2D eigenvalue weighted by Gasteiger charge is 2.28. The maximum Gasteiger partial charge on any atom is 0.243 e. The van der Waals surface area contributed by atoms with Gasteiger partial charge < -0.3 is 15.0 Å². The average Bonchev–Trinajstić information content (AvgIpc) is 2.85. The lowest BCUT2D eigenvalue weighted by molar-refractivity contribution is -0.130. The molecule has 0 unspecified atom stereocenters. The predicted molar refractivity (Wildman–Crippen MR) is 98.3 cm³/mol. The van der Waals surface area contributed by atoms with E-state index in [4.69, 9.17) is 4.74 Å². The third-order valence-electron chi connectivity index (χ3n) is 4.02. The highest BCUT2D eigenvalue weighted by atomic mass is 35.5. The van der Waals surface area contributed by atoms with Crippen LogP contribution in [-0.4, -0.2) is 76.5 Å². The molecule has 1 amide bonds. The Kier molecular flexibility index (Phi) is 9.45. The molecule has 0 aromatic heterocycles. The second-order valence-corrected chi connectivity index (χ2v) is 7.70. The van der Waals surface area contributed by atoms with Gasteiger partial charge in [-0.25, -0.2) is 12.8 Å². The molecule has 1 heterocycles. The summed E-state index contributed by atoms with van der Waals surface area (Å²) >= 11 is 0. The molecular weight excluding hydrogens is 385 g/mol. The topological polar surface area (TPSA) is 79.0 Å². The number of amides is 1. The van der Waals surface area contributed by atoms with Crippen LogP contribution in [0.4, 0.5) is 4.39 Å². The molecule has 1 saturated heterocycles. The molecule has 1 aromatic rings. The molecule has 1 aliphatic rings. The Morgan fingerprint density at radius 3 is 2.54 bits per heavy atom. The number of sulfonamides is 1. The van der Waals surface area contributed by atoms with Gasteiger partial charge in [0.15, 0.2) is 0 Å². The molecule has 148 valence electrons. The number of methoxy groups -OCH3 is 1. The van der Waals surface area contributed by atoms with Gasteiger partial charge in [-0.3, -0.25) is 4.79 Å². The molecule has 1 N–H and O–H groups in total. The van der Waals surface area contributed by atoms with E-state index in [1.165, 1.54) is 16.4 Å². The van der Waals surface area contributed by atoms with Crippen molar-refractivity contribution in [3.05, 3.63) is 30.1 Å². The molecule has 0 atom stereocenters. The fourth-order valence-electron chi connectivity index (χ4n) is 2.62. The Bertz CT molecular complexity index is 673. The molecule has 0 spiro atoms. The molecule has 26 heavy (non-hydrogen) atoms. The first-order valence-corrected chi connectivity index (χ1v) is 9.62. The summed E-state index contributed by atoms with van der Waals surface area (Å²) in [6.07, 6.45) is 0.560. The number of rotatable bonds is 7. The van der Waals surface area contributed by atoms with Gasteiger partial charge in [0.2, 0.25) is 15.9 Å². The summed E-state index contributed by atoms with van der Waals surface area (Å²) in [6, 6.07) is 4.79. The fraction of sp³-hybridized carbons (Fsp3) is 0.562. The van der Waals surface area contributed by atoms with Crippen molar-refractivity contribution >= 4 is 28.3 Å². The van der Waals surface area contributed by atoms with E-state index < -0.39 is 15.8 Å². The predicted octanol–water partition coefficient (Wildman–Crippen LogP) is 0.707. The Balaban J connectivity index is 0.00000338. The zero-order valence-electron chi connectivity index (χ0n) is 14.7. The summed E-state index contributed by atoms with van der Waals surface area (Å²) < 4.78 is 44.6. The number of nitrogens with zero attached hydrogens (tertiary/aromatic N) is 2. The van der Waals surface area contributed by atoms with Gasteiger partial charge in [-0.2, -0.15) is 4.31 Å². The number of hydrogen-bond donors (Lipinski definition) is 1. The van der Waals surface area contributed by atoms with Crippen molar-refractivity contribution in [3.63, 3.8) is 0 Å². The van der Waals surface area contributed by atoms with Gasteiger partial charge in [-0.1, -0.05) is 0 Å². The second-order valence-electron chi connectivity index (χ2n) is 5.76. The Labute approximate surface area is 159 Å². The average molecular weight is 410 g/mol. The van der Waals surface area contributed by atoms with E-state index in [2.05, 4.69) is 5.32 Å². The minimum atomic E-state index is -3.68. The summed E-state index contributed by atoms with van der Waals surface area (Å²) in [5, 5.41) is 2.99. The van der Waals surface area contributed by atoms with Crippen molar-refractivity contribution in [2.24, 2.45) is 0 Å². The van der Waals surface area contributed by atoms with Crippen LogP contribution < -0.4 is 5.32 Å². The van der Waals surface area contributed by atoms with Gasteiger partial charge in [-0.15, -0.1) is 12.4 Å². The van der Waals surface area contributed by atoms with Crippen LogP contribution >= 0.6 is 12.4 Å². The Hall–Kier alpha value is -1.26. The summed E-state index contributed by atoms with van der Waals surface area (Å²) in [5.41, 5.74) is 0. The lowest BCUT2D eigenvalue weighted by Gasteiger charge is -2.22. The van der Waals surface area contributed by atoms with Crippen molar-refractivity contribution in [1.82, 2.24) is 14.5 Å². The van der Waals surface area contributed by atoms with E-state index in [1.54, 1.807) is 12.0 Å². The van der Waals surface area contributed by atoms with E-state index in [0.717, 1.165) is 12.1 Å². The molecular formula is C16H25ClFN3O4S. The van der Waals surface area contributed by atoms with Gasteiger partial charge in [0.1, 0.15) is 5.82 Å². The Morgan fingerprint density at radius 1 is 1.19 bits per heavy atom. The molecule has 2 rings (SSSR count). The molecule has 0 aliphatic carbocycles. The molecule has 0 bridgehead atoms. The lowest BCUT2D eigenvalue weighted by atomic mass is 10.4. The zero-order chi connectivity index (χ0) is 18.3. The van der Waals surface area contributed by atoms with E-state index in [-0.39, 0.29) is 36.3 Å². The Morgan fingerprint density at radius 2 is 1.88 bits per heavy atom. The van der Waals surface area contributed by atoms with Crippen LogP contribution in [0.3, 0.4) is 0 Å². The van der Waals surface area contributed by atoms with Crippen molar-refractivity contribution in [1.29, 1.82) is 0 Å². The fourth-order valence-corrected chi connectivity index (χ4v) is 4.09. The van der Waals surface area contributed by atoms with Gasteiger partial charge >= 0.3 is 0 Å². The van der Waals surface area contributed by atoms with Gasteiger partial charge in [0.25, 0.3) is 0 Å². The quantitative estimate of drug-likeness (QED) is 0.671. The number of carbonyl (C=O) groups excluding carboxylic acids is 1. The summed E-state index contributed by atoms with van der Waals surface area (Å²) in [5.74, 6) is -0.537. The van der Waals surface area contributed by atoms with E-state index in [0.29, 0.717) is 39.2 Å². The minimum Gasteiger partial charge on any atom is -0.383 e. The first-order chi connectivity index (χ1) is 11.9. The van der Waals surface area contributed by atoms with Crippen LogP contribution in [0.5, 0.6) is 0 Å². The largest absolute Gasteiger partial charge is 0.383 e. The van der Waals surface area contributed by atoms with Crippen LogP contribution in [0.15, 0.2) is 29.2 Å². The molecule has 10 heteroatoms. The first kappa shape index (κ1) is 22.8. The van der Waals surface area contributed by atoms with Crippen LogP contribution in [0.25, 0.3) is 0 Å². The third-order valence-corrected chi connectivity index (χ3v) is 5.93. The smallest absolute Gasteiger partial charge is 0.243 e. The highest BCUT2D eigenvalue weighted by Crippen LogP contribution is 2.18. The molecule has 7 nitrogen and oxygen atoms in total. The van der Waals surface area contributed by atoms with Crippen molar-refractivity contribution in [2.75, 3.05) is 53.0 Å². The molecule has 1 aliphatic heterocycles. The number of ether oxygens (including phenoxy) is 1. The standard InChI is InChI=1S/C16H24FN3O4S.ClH/c1-24-12-7-18-13-16(21)19-8-2-9-20(11-10-19)25(22,23)15-5-3-14(17)4-6-15;/h3-6,18H,2,7-13H2,1H3;1H. The van der Waals surface area contributed by atoms with E-state index in [1.807, 2.05) is 0 Å².